The Hall–Kier alpha value is -4.27. The summed E-state index contributed by atoms with van der Waals surface area (Å²) in [5, 5.41) is 15.8. The van der Waals surface area contributed by atoms with Crippen LogP contribution in [0, 0.1) is 0 Å². The van der Waals surface area contributed by atoms with E-state index in [1.807, 2.05) is 55.5 Å². The minimum absolute atomic E-state index is 0.114. The zero-order valence-electron chi connectivity index (χ0n) is 20.9. The summed E-state index contributed by atoms with van der Waals surface area (Å²) in [6.07, 6.45) is 1.34. The van der Waals surface area contributed by atoms with Gasteiger partial charge in [0.05, 0.1) is 21.3 Å². The summed E-state index contributed by atoms with van der Waals surface area (Å²) < 4.78 is 15.6. The maximum atomic E-state index is 13.0. The molecule has 0 spiro atoms. The molecule has 36 heavy (non-hydrogen) atoms. The number of ether oxygens (including phenoxy) is 3. The molecule has 0 aliphatic rings. The number of amides is 2. The molecule has 3 rings (SSSR count). The number of aromatic hydroxyl groups is 1. The molecule has 2 atom stereocenters. The third-order valence-corrected chi connectivity index (χ3v) is 5.88. The smallest absolute Gasteiger partial charge is 0.274 e. The summed E-state index contributed by atoms with van der Waals surface area (Å²) in [4.78, 5) is 29.6. The van der Waals surface area contributed by atoms with Crippen molar-refractivity contribution in [1.82, 2.24) is 15.6 Å². The van der Waals surface area contributed by atoms with Gasteiger partial charge in [-0.3, -0.25) is 9.59 Å². The normalized spacial score (nSPS) is 12.4. The first-order chi connectivity index (χ1) is 17.3. The van der Waals surface area contributed by atoms with Crippen molar-refractivity contribution in [2.24, 2.45) is 0 Å². The van der Waals surface area contributed by atoms with Gasteiger partial charge >= 0.3 is 0 Å². The van der Waals surface area contributed by atoms with E-state index in [1.54, 1.807) is 21.1 Å². The molecule has 2 amide bonds. The van der Waals surface area contributed by atoms with Crippen molar-refractivity contribution in [1.29, 1.82) is 0 Å². The fraction of sp³-hybridized carbons (Fsp3) is 0.296. The SMILES string of the molecule is COc1ccc(C(c2ccc(OC)cc2)C(C)NC(=O)C(C)NC(=O)c2nccc(OC)c2O)cc1. The van der Waals surface area contributed by atoms with E-state index in [-0.39, 0.29) is 29.3 Å². The highest BCUT2D eigenvalue weighted by Crippen LogP contribution is 2.31. The molecule has 0 aliphatic heterocycles. The molecular formula is C27H31N3O6. The molecular weight excluding hydrogens is 462 g/mol. The van der Waals surface area contributed by atoms with Crippen LogP contribution in [0.4, 0.5) is 0 Å². The molecule has 0 fully saturated rings. The lowest BCUT2D eigenvalue weighted by Crippen LogP contribution is -2.49. The molecule has 0 saturated heterocycles. The number of hydrogen-bond donors (Lipinski definition) is 3. The van der Waals surface area contributed by atoms with E-state index in [2.05, 4.69) is 15.6 Å². The number of rotatable bonds is 10. The van der Waals surface area contributed by atoms with E-state index in [0.29, 0.717) is 0 Å². The Kier molecular flexibility index (Phi) is 8.72. The van der Waals surface area contributed by atoms with Crippen LogP contribution in [0.15, 0.2) is 60.8 Å². The first kappa shape index (κ1) is 26.3. The predicted octanol–water partition coefficient (Wildman–Crippen LogP) is 3.27. The van der Waals surface area contributed by atoms with Gasteiger partial charge in [-0.05, 0) is 49.2 Å². The van der Waals surface area contributed by atoms with Gasteiger partial charge in [-0.15, -0.1) is 0 Å². The van der Waals surface area contributed by atoms with Crippen LogP contribution >= 0.6 is 0 Å². The Labute approximate surface area is 210 Å². The second-order valence-electron chi connectivity index (χ2n) is 8.23. The quantitative estimate of drug-likeness (QED) is 0.397. The number of benzene rings is 2. The summed E-state index contributed by atoms with van der Waals surface area (Å²) in [5.74, 6) is -0.0730. The van der Waals surface area contributed by atoms with Gasteiger partial charge in [0.1, 0.15) is 17.5 Å². The summed E-state index contributed by atoms with van der Waals surface area (Å²) >= 11 is 0. The predicted molar refractivity (Wildman–Crippen MR) is 135 cm³/mol. The van der Waals surface area contributed by atoms with Gasteiger partial charge < -0.3 is 30.0 Å². The maximum Gasteiger partial charge on any atom is 0.274 e. The minimum atomic E-state index is -0.889. The zero-order chi connectivity index (χ0) is 26.2. The molecule has 0 radical (unpaired) electrons. The van der Waals surface area contributed by atoms with Gasteiger partial charge in [0.15, 0.2) is 17.2 Å². The Morgan fingerprint density at radius 2 is 1.33 bits per heavy atom. The lowest BCUT2D eigenvalue weighted by Gasteiger charge is -2.27. The standard InChI is InChI=1S/C27H31N3O6/c1-16(29-26(32)17(2)30-27(33)24-25(31)22(36-5)14-15-28-24)23(18-6-10-20(34-3)11-7-18)19-8-12-21(35-4)13-9-19/h6-17,23,31H,1-5H3,(H,29,32)(H,30,33). The molecule has 3 N–H and O–H groups in total. The van der Waals surface area contributed by atoms with Crippen LogP contribution in [0.3, 0.4) is 0 Å². The van der Waals surface area contributed by atoms with E-state index in [1.165, 1.54) is 19.4 Å². The van der Waals surface area contributed by atoms with E-state index in [0.717, 1.165) is 22.6 Å². The zero-order valence-corrected chi connectivity index (χ0v) is 20.9. The third-order valence-electron chi connectivity index (χ3n) is 5.88. The fourth-order valence-corrected chi connectivity index (χ4v) is 3.92. The second kappa shape index (κ2) is 11.9. The average molecular weight is 494 g/mol. The number of pyridine rings is 1. The Morgan fingerprint density at radius 1 is 0.806 bits per heavy atom. The summed E-state index contributed by atoms with van der Waals surface area (Å²) in [5.41, 5.74) is 1.74. The van der Waals surface area contributed by atoms with Gasteiger partial charge in [-0.25, -0.2) is 4.98 Å². The van der Waals surface area contributed by atoms with Crippen molar-refractivity contribution in [2.75, 3.05) is 21.3 Å². The molecule has 2 unspecified atom stereocenters. The highest BCUT2D eigenvalue weighted by atomic mass is 16.5. The molecule has 0 aliphatic carbocycles. The molecule has 1 aromatic heterocycles. The van der Waals surface area contributed by atoms with Gasteiger partial charge in [0.25, 0.3) is 5.91 Å². The van der Waals surface area contributed by atoms with Crippen molar-refractivity contribution in [3.8, 4) is 23.0 Å². The van der Waals surface area contributed by atoms with E-state index in [4.69, 9.17) is 14.2 Å². The van der Waals surface area contributed by atoms with Crippen molar-refractivity contribution in [2.45, 2.75) is 31.8 Å². The van der Waals surface area contributed by atoms with Crippen molar-refractivity contribution >= 4 is 11.8 Å². The number of methoxy groups -OCH3 is 3. The van der Waals surface area contributed by atoms with Crippen molar-refractivity contribution in [3.63, 3.8) is 0 Å². The molecule has 3 aromatic rings. The second-order valence-corrected chi connectivity index (χ2v) is 8.23. The maximum absolute atomic E-state index is 13.0. The molecule has 1 heterocycles. The molecule has 190 valence electrons. The summed E-state index contributed by atoms with van der Waals surface area (Å²) in [7, 11) is 4.58. The van der Waals surface area contributed by atoms with Crippen LogP contribution in [-0.4, -0.2) is 55.3 Å². The Bertz CT molecular complexity index is 1130. The number of carbonyl (C=O) groups excluding carboxylic acids is 2. The van der Waals surface area contributed by atoms with Gasteiger partial charge in [0, 0.05) is 24.2 Å². The van der Waals surface area contributed by atoms with Crippen LogP contribution < -0.4 is 24.8 Å². The van der Waals surface area contributed by atoms with E-state index >= 15 is 0 Å². The molecule has 2 aromatic carbocycles. The number of aromatic nitrogens is 1. The third kappa shape index (κ3) is 6.04. The largest absolute Gasteiger partial charge is 0.503 e. The van der Waals surface area contributed by atoms with E-state index < -0.39 is 17.7 Å². The first-order valence-corrected chi connectivity index (χ1v) is 11.4. The highest BCUT2D eigenvalue weighted by molar-refractivity contribution is 5.98. The molecule has 9 heteroatoms. The van der Waals surface area contributed by atoms with Crippen molar-refractivity contribution in [3.05, 3.63) is 77.6 Å². The summed E-state index contributed by atoms with van der Waals surface area (Å²) in [6, 6.07) is 15.5. The molecule has 0 saturated carbocycles. The lowest BCUT2D eigenvalue weighted by atomic mass is 9.85. The first-order valence-electron chi connectivity index (χ1n) is 11.4. The lowest BCUT2D eigenvalue weighted by molar-refractivity contribution is -0.123. The fourth-order valence-electron chi connectivity index (χ4n) is 3.92. The number of nitrogens with one attached hydrogen (secondary N) is 2. The topological polar surface area (TPSA) is 119 Å². The van der Waals surface area contributed by atoms with E-state index in [9.17, 15) is 14.7 Å². The van der Waals surface area contributed by atoms with Crippen LogP contribution in [0.2, 0.25) is 0 Å². The highest BCUT2D eigenvalue weighted by Gasteiger charge is 2.27. The number of hydrogen-bond acceptors (Lipinski definition) is 7. The van der Waals surface area contributed by atoms with Gasteiger partial charge in [0.2, 0.25) is 5.91 Å². The summed E-state index contributed by atoms with van der Waals surface area (Å²) in [6.45, 7) is 3.47. The molecule has 0 bridgehead atoms. The van der Waals surface area contributed by atoms with Crippen LogP contribution in [0.5, 0.6) is 23.0 Å². The average Bonchev–Trinajstić information content (AvgIpc) is 2.89. The Morgan fingerprint density at radius 3 is 1.81 bits per heavy atom. The Balaban J connectivity index is 1.78. The number of carbonyl (C=O) groups is 2. The van der Waals surface area contributed by atoms with Crippen LogP contribution in [-0.2, 0) is 4.79 Å². The van der Waals surface area contributed by atoms with Crippen LogP contribution in [0.25, 0.3) is 0 Å². The van der Waals surface area contributed by atoms with Crippen molar-refractivity contribution < 1.29 is 28.9 Å². The molecule has 9 nitrogen and oxygen atoms in total. The number of nitrogens with zero attached hydrogens (tertiary/aromatic N) is 1. The van der Waals surface area contributed by atoms with Crippen LogP contribution in [0.1, 0.15) is 41.4 Å². The van der Waals surface area contributed by atoms with Gasteiger partial charge in [-0.1, -0.05) is 24.3 Å². The monoisotopic (exact) mass is 493 g/mol. The minimum Gasteiger partial charge on any atom is -0.503 e. The van der Waals surface area contributed by atoms with Gasteiger partial charge in [-0.2, -0.15) is 0 Å².